The van der Waals surface area contributed by atoms with Gasteiger partial charge in [-0.15, -0.1) is 0 Å². The summed E-state index contributed by atoms with van der Waals surface area (Å²) in [5.41, 5.74) is 3.60. The molecule has 0 aliphatic heterocycles. The number of alkyl carbamates (subject to hydrolysis) is 1. The van der Waals surface area contributed by atoms with Gasteiger partial charge < -0.3 is 19.2 Å². The van der Waals surface area contributed by atoms with Gasteiger partial charge in [0, 0.05) is 29.9 Å². The molecule has 0 saturated carbocycles. The van der Waals surface area contributed by atoms with Crippen LogP contribution in [0.25, 0.3) is 11.0 Å². The van der Waals surface area contributed by atoms with Crippen LogP contribution in [-0.4, -0.2) is 18.1 Å². The first-order chi connectivity index (χ1) is 20.4. The molecule has 1 N–H and O–H groups in total. The van der Waals surface area contributed by atoms with Crippen LogP contribution in [0.15, 0.2) is 112 Å². The van der Waals surface area contributed by atoms with E-state index >= 15 is 0 Å². The van der Waals surface area contributed by atoms with E-state index < -0.39 is 23.7 Å². The molecule has 5 aromatic rings. The molecule has 42 heavy (non-hydrogen) atoms. The number of rotatable bonds is 9. The smallest absolute Gasteiger partial charge is 0.408 e. The SMILES string of the molecule is Cc1c(Cc2ccccc2)c(=O)oc2cc(OC(=O)C(Cc3ccccc3)NC(=O)OCc3ccccc3)c(Cl)cc12. The second-order valence-corrected chi connectivity index (χ2v) is 10.2. The molecule has 1 atom stereocenters. The molecule has 4 aromatic carbocycles. The molecule has 0 bridgehead atoms. The van der Waals surface area contributed by atoms with Gasteiger partial charge in [-0.3, -0.25) is 0 Å². The quantitative estimate of drug-likeness (QED) is 0.117. The number of carbonyl (C=O) groups is 2. The minimum Gasteiger partial charge on any atom is -0.445 e. The molecule has 8 heteroatoms. The zero-order valence-electron chi connectivity index (χ0n) is 22.8. The average Bonchev–Trinajstić information content (AvgIpc) is 3.00. The van der Waals surface area contributed by atoms with Crippen LogP contribution in [0.5, 0.6) is 5.75 Å². The molecule has 7 nitrogen and oxygen atoms in total. The lowest BCUT2D eigenvalue weighted by Gasteiger charge is -2.18. The highest BCUT2D eigenvalue weighted by Crippen LogP contribution is 2.32. The Kier molecular flexibility index (Phi) is 8.99. The Balaban J connectivity index is 1.36. The highest BCUT2D eigenvalue weighted by molar-refractivity contribution is 6.33. The molecule has 0 radical (unpaired) electrons. The Hall–Kier alpha value is -4.88. The summed E-state index contributed by atoms with van der Waals surface area (Å²) >= 11 is 6.55. The van der Waals surface area contributed by atoms with Gasteiger partial charge in [0.1, 0.15) is 18.2 Å². The van der Waals surface area contributed by atoms with Crippen molar-refractivity contribution < 1.29 is 23.5 Å². The minimum absolute atomic E-state index is 0.00467. The first-order valence-electron chi connectivity index (χ1n) is 13.4. The summed E-state index contributed by atoms with van der Waals surface area (Å²) in [4.78, 5) is 38.9. The molecule has 1 unspecified atom stereocenters. The van der Waals surface area contributed by atoms with Crippen molar-refractivity contribution in [2.75, 3.05) is 0 Å². The minimum atomic E-state index is -1.08. The fraction of sp³-hybridized carbons (Fsp3) is 0.147. The second kappa shape index (κ2) is 13.2. The Morgan fingerprint density at radius 2 is 1.45 bits per heavy atom. The number of halogens is 1. The lowest BCUT2D eigenvalue weighted by atomic mass is 9.99. The fourth-order valence-electron chi connectivity index (χ4n) is 4.60. The third-order valence-electron chi connectivity index (χ3n) is 6.85. The maximum absolute atomic E-state index is 13.4. The molecule has 0 saturated heterocycles. The Labute approximate surface area is 247 Å². The predicted octanol–water partition coefficient (Wildman–Crippen LogP) is 6.79. The van der Waals surface area contributed by atoms with E-state index in [1.807, 2.05) is 97.9 Å². The van der Waals surface area contributed by atoms with Crippen molar-refractivity contribution >= 4 is 34.6 Å². The van der Waals surface area contributed by atoms with Crippen molar-refractivity contribution in [1.29, 1.82) is 0 Å². The number of carbonyl (C=O) groups excluding carboxylic acids is 2. The first kappa shape index (κ1) is 28.6. The van der Waals surface area contributed by atoms with E-state index in [2.05, 4.69) is 5.32 Å². The second-order valence-electron chi connectivity index (χ2n) is 9.80. The Bertz CT molecular complexity index is 1750. The molecule has 1 amide bonds. The van der Waals surface area contributed by atoms with E-state index in [9.17, 15) is 14.4 Å². The molecule has 212 valence electrons. The van der Waals surface area contributed by atoms with Gasteiger partial charge in [0.15, 0.2) is 5.75 Å². The molecular formula is C34H28ClNO6. The summed E-state index contributed by atoms with van der Waals surface area (Å²) < 4.78 is 16.6. The average molecular weight is 582 g/mol. The summed E-state index contributed by atoms with van der Waals surface area (Å²) in [6, 6.07) is 30.0. The van der Waals surface area contributed by atoms with Crippen LogP contribution in [0.4, 0.5) is 4.79 Å². The van der Waals surface area contributed by atoms with Gasteiger partial charge in [-0.2, -0.15) is 0 Å². The number of amides is 1. The number of ether oxygens (including phenoxy) is 2. The topological polar surface area (TPSA) is 94.8 Å². The summed E-state index contributed by atoms with van der Waals surface area (Å²) in [5.74, 6) is -0.749. The fourth-order valence-corrected chi connectivity index (χ4v) is 4.80. The molecule has 1 heterocycles. The molecule has 0 spiro atoms. The van der Waals surface area contributed by atoms with Crippen LogP contribution in [0.3, 0.4) is 0 Å². The normalized spacial score (nSPS) is 11.6. The van der Waals surface area contributed by atoms with E-state index in [-0.39, 0.29) is 29.4 Å². The maximum Gasteiger partial charge on any atom is 0.408 e. The highest BCUT2D eigenvalue weighted by atomic mass is 35.5. The Morgan fingerprint density at radius 1 is 0.857 bits per heavy atom. The zero-order chi connectivity index (χ0) is 29.5. The Morgan fingerprint density at radius 3 is 2.10 bits per heavy atom. The number of aryl methyl sites for hydroxylation is 1. The van der Waals surface area contributed by atoms with E-state index in [1.165, 1.54) is 6.07 Å². The highest BCUT2D eigenvalue weighted by Gasteiger charge is 2.26. The molecule has 0 aliphatic carbocycles. The van der Waals surface area contributed by atoms with E-state index in [0.717, 1.165) is 22.3 Å². The van der Waals surface area contributed by atoms with Crippen molar-refractivity contribution in [2.45, 2.75) is 32.4 Å². The predicted molar refractivity (Wildman–Crippen MR) is 161 cm³/mol. The van der Waals surface area contributed by atoms with Gasteiger partial charge in [0.05, 0.1) is 5.02 Å². The summed E-state index contributed by atoms with van der Waals surface area (Å²) in [6.45, 7) is 1.88. The largest absolute Gasteiger partial charge is 0.445 e. The molecular weight excluding hydrogens is 554 g/mol. The van der Waals surface area contributed by atoms with Crippen molar-refractivity contribution in [3.05, 3.63) is 146 Å². The van der Waals surface area contributed by atoms with Crippen LogP contribution in [-0.2, 0) is 29.0 Å². The monoisotopic (exact) mass is 581 g/mol. The van der Waals surface area contributed by atoms with Crippen LogP contribution < -0.4 is 15.7 Å². The van der Waals surface area contributed by atoms with Crippen LogP contribution in [0.1, 0.15) is 27.8 Å². The first-order valence-corrected chi connectivity index (χ1v) is 13.8. The zero-order valence-corrected chi connectivity index (χ0v) is 23.6. The number of hydrogen-bond donors (Lipinski definition) is 1. The van der Waals surface area contributed by atoms with Gasteiger partial charge in [0.25, 0.3) is 0 Å². The molecule has 1 aromatic heterocycles. The molecule has 5 rings (SSSR count). The van der Waals surface area contributed by atoms with E-state index in [0.29, 0.717) is 17.4 Å². The van der Waals surface area contributed by atoms with E-state index in [1.54, 1.807) is 6.07 Å². The number of benzene rings is 4. The number of hydrogen-bond acceptors (Lipinski definition) is 6. The van der Waals surface area contributed by atoms with Crippen LogP contribution >= 0.6 is 11.6 Å². The van der Waals surface area contributed by atoms with Gasteiger partial charge >= 0.3 is 17.7 Å². The van der Waals surface area contributed by atoms with Gasteiger partial charge in [0.2, 0.25) is 0 Å². The maximum atomic E-state index is 13.4. The molecule has 0 aliphatic rings. The molecule has 0 fully saturated rings. The van der Waals surface area contributed by atoms with Gasteiger partial charge in [-0.25, -0.2) is 14.4 Å². The summed E-state index contributed by atoms with van der Waals surface area (Å²) in [7, 11) is 0. The standard InChI is InChI=1S/C34H28ClNO6/c1-22-26-19-28(35)31(20-30(26)41-32(37)27(22)17-23-11-5-2-6-12-23)42-33(38)29(18-24-13-7-3-8-14-24)36-34(39)40-21-25-15-9-4-10-16-25/h2-16,19-20,29H,17-18,21H2,1H3,(H,36,39). The number of nitrogens with one attached hydrogen (secondary N) is 1. The van der Waals surface area contributed by atoms with Gasteiger partial charge in [-0.05, 0) is 35.2 Å². The van der Waals surface area contributed by atoms with Crippen molar-refractivity contribution in [2.24, 2.45) is 0 Å². The summed E-state index contributed by atoms with van der Waals surface area (Å²) in [6.07, 6.45) is -0.205. The van der Waals surface area contributed by atoms with Gasteiger partial charge in [-0.1, -0.05) is 103 Å². The third kappa shape index (κ3) is 7.06. The third-order valence-corrected chi connectivity index (χ3v) is 7.14. The number of esters is 1. The lowest BCUT2D eigenvalue weighted by Crippen LogP contribution is -2.44. The van der Waals surface area contributed by atoms with E-state index in [4.69, 9.17) is 25.5 Å². The van der Waals surface area contributed by atoms with Crippen molar-refractivity contribution in [3.8, 4) is 5.75 Å². The van der Waals surface area contributed by atoms with Crippen LogP contribution in [0, 0.1) is 6.92 Å². The lowest BCUT2D eigenvalue weighted by molar-refractivity contribution is -0.136. The van der Waals surface area contributed by atoms with Crippen LogP contribution in [0.2, 0.25) is 5.02 Å². The van der Waals surface area contributed by atoms with Crippen molar-refractivity contribution in [1.82, 2.24) is 5.32 Å². The number of fused-ring (bicyclic) bond motifs is 1. The van der Waals surface area contributed by atoms with Crippen molar-refractivity contribution in [3.63, 3.8) is 0 Å². The summed E-state index contributed by atoms with van der Waals surface area (Å²) in [5, 5.41) is 3.40.